The number of aldehydes is 1. The number of rotatable bonds is 10. The average molecular weight is 668 g/mol. The third-order valence-electron chi connectivity index (χ3n) is 8.32. The van der Waals surface area contributed by atoms with E-state index in [1.165, 1.54) is 0 Å². The van der Waals surface area contributed by atoms with Crippen LogP contribution in [0.1, 0.15) is 87.8 Å². The number of carbonyl (C=O) groups excluding carboxylic acids is 3. The quantitative estimate of drug-likeness (QED) is 0.161. The predicted molar refractivity (Wildman–Crippen MR) is 187 cm³/mol. The summed E-state index contributed by atoms with van der Waals surface area (Å²) in [6, 6.07) is 11.9. The highest BCUT2D eigenvalue weighted by atomic mass is 16.5. The van der Waals surface area contributed by atoms with Gasteiger partial charge in [0.05, 0.1) is 11.9 Å². The van der Waals surface area contributed by atoms with Gasteiger partial charge in [-0.15, -0.1) is 10.2 Å². The van der Waals surface area contributed by atoms with E-state index in [2.05, 4.69) is 61.8 Å². The first kappa shape index (κ1) is 35.1. The van der Waals surface area contributed by atoms with Gasteiger partial charge in [-0.05, 0) is 43.4 Å². The molecule has 0 radical (unpaired) electrons. The number of anilines is 1. The normalized spacial score (nSPS) is 17.4. The minimum Gasteiger partial charge on any atom is -0.480 e. The third-order valence-corrected chi connectivity index (χ3v) is 8.32. The van der Waals surface area contributed by atoms with Crippen LogP contribution < -0.4 is 20.7 Å². The molecule has 1 aromatic carbocycles. The van der Waals surface area contributed by atoms with Crippen molar-refractivity contribution < 1.29 is 19.1 Å². The molecular formula is C36H45N9O4. The number of ether oxygens (including phenoxy) is 1. The highest BCUT2D eigenvalue weighted by Crippen LogP contribution is 2.37. The molecule has 13 nitrogen and oxygen atoms in total. The molecule has 49 heavy (non-hydrogen) atoms. The molecule has 258 valence electrons. The molecule has 13 heteroatoms. The van der Waals surface area contributed by atoms with E-state index in [0.29, 0.717) is 47.6 Å². The number of benzene rings is 1. The zero-order chi connectivity index (χ0) is 35.6. The van der Waals surface area contributed by atoms with Gasteiger partial charge in [0, 0.05) is 35.5 Å². The highest BCUT2D eigenvalue weighted by Gasteiger charge is 2.38. The summed E-state index contributed by atoms with van der Waals surface area (Å²) in [7, 11) is 1.96. The number of amides is 3. The number of hydrogen-bond donors (Lipinski definition) is 3. The van der Waals surface area contributed by atoms with Crippen LogP contribution in [0.15, 0.2) is 60.8 Å². The standard InChI is InChI=1S/C36H45N9O4/c1-9-44(8)19-18-37-31(47)30-38-27(34(2,3)4)20-28(39-30)40-33(48)41-36(22-46)17-16-26(24-12-10-11-13-25(24)36)49-23-14-15-29-42-43-32(35(5,6)7)45(29)21-23/h10-17,20-22,26H,9,18-19H2,1-8H3,(H,37,47)(H2,38,39,40,41,48)/t26-,36-/m1/s1. The molecule has 0 fully saturated rings. The summed E-state index contributed by atoms with van der Waals surface area (Å²) in [5.74, 6) is 1.00. The van der Waals surface area contributed by atoms with Gasteiger partial charge in [-0.1, -0.05) is 72.7 Å². The fourth-order valence-corrected chi connectivity index (χ4v) is 5.43. The maximum Gasteiger partial charge on any atom is 0.321 e. The number of pyridine rings is 1. The van der Waals surface area contributed by atoms with Crippen LogP contribution in [0.3, 0.4) is 0 Å². The lowest BCUT2D eigenvalue weighted by Gasteiger charge is -2.34. The Bertz CT molecular complexity index is 1890. The summed E-state index contributed by atoms with van der Waals surface area (Å²) in [6.07, 6.45) is 5.36. The lowest BCUT2D eigenvalue weighted by molar-refractivity contribution is -0.111. The molecule has 3 N–H and O–H groups in total. The molecule has 0 unspecified atom stereocenters. The zero-order valence-corrected chi connectivity index (χ0v) is 29.4. The maximum absolute atomic E-state index is 13.5. The molecule has 1 aliphatic rings. The van der Waals surface area contributed by atoms with Gasteiger partial charge in [0.25, 0.3) is 5.91 Å². The summed E-state index contributed by atoms with van der Waals surface area (Å²) < 4.78 is 8.34. The number of hydrogen-bond acceptors (Lipinski definition) is 9. The van der Waals surface area contributed by atoms with Gasteiger partial charge in [-0.3, -0.25) is 19.3 Å². The molecule has 2 atom stereocenters. The van der Waals surface area contributed by atoms with Crippen molar-refractivity contribution in [1.29, 1.82) is 0 Å². The van der Waals surface area contributed by atoms with E-state index in [9.17, 15) is 14.4 Å². The van der Waals surface area contributed by atoms with E-state index < -0.39 is 29.0 Å². The van der Waals surface area contributed by atoms with Gasteiger partial charge in [0.2, 0.25) is 5.82 Å². The van der Waals surface area contributed by atoms with Gasteiger partial charge in [0.15, 0.2) is 11.9 Å². The molecule has 0 bridgehead atoms. The van der Waals surface area contributed by atoms with E-state index in [0.717, 1.165) is 12.4 Å². The Morgan fingerprint density at radius 3 is 2.49 bits per heavy atom. The Morgan fingerprint density at radius 1 is 1.04 bits per heavy atom. The van der Waals surface area contributed by atoms with Crippen LogP contribution in [0.2, 0.25) is 0 Å². The molecule has 5 rings (SSSR count). The van der Waals surface area contributed by atoms with Crippen LogP contribution in [0.4, 0.5) is 10.6 Å². The van der Waals surface area contributed by atoms with Crippen LogP contribution >= 0.6 is 0 Å². The van der Waals surface area contributed by atoms with E-state index in [1.807, 2.05) is 69.6 Å². The Hall–Kier alpha value is -5.17. The van der Waals surface area contributed by atoms with Crippen molar-refractivity contribution in [2.45, 2.75) is 70.9 Å². The maximum atomic E-state index is 13.5. The minimum atomic E-state index is -1.50. The van der Waals surface area contributed by atoms with Crippen LogP contribution in [0, 0.1) is 0 Å². The number of carbonyl (C=O) groups is 3. The van der Waals surface area contributed by atoms with E-state index in [1.54, 1.807) is 30.4 Å². The first-order valence-corrected chi connectivity index (χ1v) is 16.4. The summed E-state index contributed by atoms with van der Waals surface area (Å²) in [5.41, 5.74) is 0.378. The van der Waals surface area contributed by atoms with Crippen molar-refractivity contribution in [2.75, 3.05) is 32.0 Å². The fourth-order valence-electron chi connectivity index (χ4n) is 5.43. The van der Waals surface area contributed by atoms with Crippen LogP contribution in [-0.4, -0.2) is 74.4 Å². The smallest absolute Gasteiger partial charge is 0.321 e. The molecule has 1 aliphatic carbocycles. The summed E-state index contributed by atoms with van der Waals surface area (Å²) in [6.45, 7) is 16.0. The molecule has 3 aromatic heterocycles. The molecule has 0 saturated heterocycles. The summed E-state index contributed by atoms with van der Waals surface area (Å²) >= 11 is 0. The first-order chi connectivity index (χ1) is 23.1. The van der Waals surface area contributed by atoms with Crippen LogP contribution in [0.5, 0.6) is 5.75 Å². The highest BCUT2D eigenvalue weighted by molar-refractivity contribution is 5.94. The lowest BCUT2D eigenvalue weighted by Crippen LogP contribution is -2.49. The summed E-state index contributed by atoms with van der Waals surface area (Å²) in [4.78, 5) is 50.2. The zero-order valence-electron chi connectivity index (χ0n) is 29.4. The largest absolute Gasteiger partial charge is 0.480 e. The molecule has 3 heterocycles. The van der Waals surface area contributed by atoms with Crippen molar-refractivity contribution in [2.24, 2.45) is 0 Å². The first-order valence-electron chi connectivity index (χ1n) is 16.4. The SMILES string of the molecule is CCN(C)CCNC(=O)c1nc(NC(=O)N[C@@]2(C=O)C=C[C@@H](Oc3ccc4nnc(C(C)(C)C)n4c3)c3ccccc32)cc(C(C)(C)C)n1. The van der Waals surface area contributed by atoms with Gasteiger partial charge in [-0.2, -0.15) is 0 Å². The molecule has 0 spiro atoms. The molecule has 4 aromatic rings. The molecular weight excluding hydrogens is 622 g/mol. The second kappa shape index (κ2) is 13.7. The Kier molecular flexibility index (Phi) is 9.86. The fraction of sp³-hybridized carbons (Fsp3) is 0.417. The van der Waals surface area contributed by atoms with E-state index >= 15 is 0 Å². The number of urea groups is 1. The number of nitrogens with one attached hydrogen (secondary N) is 3. The van der Waals surface area contributed by atoms with Gasteiger partial charge in [0.1, 0.15) is 29.0 Å². The van der Waals surface area contributed by atoms with E-state index in [4.69, 9.17) is 4.74 Å². The second-order valence-electron chi connectivity index (χ2n) is 14.3. The van der Waals surface area contributed by atoms with Crippen molar-refractivity contribution in [3.63, 3.8) is 0 Å². The average Bonchev–Trinajstić information content (AvgIpc) is 3.49. The van der Waals surface area contributed by atoms with Gasteiger partial charge < -0.3 is 20.3 Å². The predicted octanol–water partition coefficient (Wildman–Crippen LogP) is 4.70. The number of aromatic nitrogens is 5. The van der Waals surface area contributed by atoms with Crippen LogP contribution in [0.25, 0.3) is 5.65 Å². The second-order valence-corrected chi connectivity index (χ2v) is 14.3. The Labute approximate surface area is 286 Å². The minimum absolute atomic E-state index is 0.0610. The molecule has 0 aliphatic heterocycles. The van der Waals surface area contributed by atoms with E-state index in [-0.39, 0.29) is 17.1 Å². The number of likely N-dealkylation sites (N-methyl/N-ethyl adjacent to an activating group) is 1. The van der Waals surface area contributed by atoms with Crippen molar-refractivity contribution in [1.82, 2.24) is 40.1 Å². The van der Waals surface area contributed by atoms with Crippen molar-refractivity contribution >= 4 is 29.7 Å². The summed E-state index contributed by atoms with van der Waals surface area (Å²) in [5, 5.41) is 17.0. The van der Waals surface area contributed by atoms with Crippen molar-refractivity contribution in [3.05, 3.63) is 89.3 Å². The molecule has 3 amide bonds. The van der Waals surface area contributed by atoms with Gasteiger partial charge >= 0.3 is 6.03 Å². The molecule has 0 saturated carbocycles. The van der Waals surface area contributed by atoms with Gasteiger partial charge in [-0.25, -0.2) is 14.8 Å². The number of fused-ring (bicyclic) bond motifs is 2. The lowest BCUT2D eigenvalue weighted by atomic mass is 9.81. The van der Waals surface area contributed by atoms with Crippen molar-refractivity contribution in [3.8, 4) is 5.75 Å². The third kappa shape index (κ3) is 7.78. The van der Waals surface area contributed by atoms with Crippen LogP contribution in [-0.2, 0) is 21.2 Å². The number of nitrogens with zero attached hydrogens (tertiary/aromatic N) is 6. The Morgan fingerprint density at radius 2 is 1.80 bits per heavy atom. The Balaban J connectivity index is 1.38. The topological polar surface area (TPSA) is 156 Å². The monoisotopic (exact) mass is 667 g/mol.